The van der Waals surface area contributed by atoms with Crippen LogP contribution in [0.5, 0.6) is 5.75 Å². The van der Waals surface area contributed by atoms with E-state index in [4.69, 9.17) is 4.74 Å². The zero-order chi connectivity index (χ0) is 22.9. The fraction of sp³-hybridized carbons (Fsp3) is 0.0625. The minimum atomic E-state index is 0.120. The highest BCUT2D eigenvalue weighted by molar-refractivity contribution is 5.99. The molecule has 0 radical (unpaired) electrons. The van der Waals surface area contributed by atoms with E-state index < -0.39 is 0 Å². The number of hydrogen-bond acceptors (Lipinski definition) is 1. The molecule has 1 atom stereocenters. The first-order valence-corrected chi connectivity index (χ1v) is 11.6. The topological polar surface area (TPSA) is 25.0 Å². The molecule has 34 heavy (non-hydrogen) atoms. The monoisotopic (exact) mass is 439 g/mol. The van der Waals surface area contributed by atoms with Crippen molar-refractivity contribution in [3.63, 3.8) is 0 Å². The first-order chi connectivity index (χ1) is 16.8. The van der Waals surface area contributed by atoms with Crippen molar-refractivity contribution >= 4 is 22.0 Å². The summed E-state index contributed by atoms with van der Waals surface area (Å²) in [6, 6.07) is 38.4. The van der Waals surface area contributed by atoms with Gasteiger partial charge < -0.3 is 9.72 Å². The van der Waals surface area contributed by atoms with Crippen molar-refractivity contribution < 1.29 is 4.74 Å². The van der Waals surface area contributed by atoms with Gasteiger partial charge in [-0.1, -0.05) is 97.1 Å². The number of aromatic nitrogens is 1. The molecule has 2 nitrogen and oxygen atoms in total. The Balaban J connectivity index is 1.66. The van der Waals surface area contributed by atoms with Crippen LogP contribution in [0.25, 0.3) is 22.0 Å². The van der Waals surface area contributed by atoms with Gasteiger partial charge in [0.25, 0.3) is 0 Å². The molecule has 164 valence electrons. The molecule has 2 heteroatoms. The van der Waals surface area contributed by atoms with Crippen LogP contribution in [0.2, 0.25) is 0 Å². The van der Waals surface area contributed by atoms with E-state index in [2.05, 4.69) is 114 Å². The van der Waals surface area contributed by atoms with Crippen LogP contribution in [0.15, 0.2) is 121 Å². The standard InChI is InChI=1S/C32H25NO/c1-34-26-18-16-24(17-19-26)29-21-25(22-10-4-2-5-11-22)20-28(23-12-6-3-7-13-23)31-27-14-8-9-15-30(27)33-32(29)31/h2-21,28,33H,1H3. The molecule has 0 spiro atoms. The summed E-state index contributed by atoms with van der Waals surface area (Å²) in [6.07, 6.45) is 4.74. The Morgan fingerprint density at radius 1 is 0.676 bits per heavy atom. The number of fused-ring (bicyclic) bond motifs is 3. The molecule has 0 fully saturated rings. The number of para-hydroxylation sites is 1. The van der Waals surface area contributed by atoms with Crippen LogP contribution >= 0.6 is 0 Å². The fourth-order valence-electron chi connectivity index (χ4n) is 4.97. The highest BCUT2D eigenvalue weighted by atomic mass is 16.5. The summed E-state index contributed by atoms with van der Waals surface area (Å²) in [5, 5.41) is 1.26. The van der Waals surface area contributed by atoms with Crippen LogP contribution in [0.1, 0.15) is 33.9 Å². The van der Waals surface area contributed by atoms with Gasteiger partial charge >= 0.3 is 0 Å². The largest absolute Gasteiger partial charge is 0.497 e. The van der Waals surface area contributed by atoms with Gasteiger partial charge in [-0.25, -0.2) is 0 Å². The van der Waals surface area contributed by atoms with E-state index in [-0.39, 0.29) is 5.92 Å². The predicted molar refractivity (Wildman–Crippen MR) is 141 cm³/mol. The summed E-state index contributed by atoms with van der Waals surface area (Å²) in [5.74, 6) is 0.977. The van der Waals surface area contributed by atoms with Gasteiger partial charge in [-0.2, -0.15) is 0 Å². The van der Waals surface area contributed by atoms with Crippen molar-refractivity contribution in [2.75, 3.05) is 7.11 Å². The van der Waals surface area contributed by atoms with Crippen molar-refractivity contribution in [3.8, 4) is 5.75 Å². The maximum absolute atomic E-state index is 5.43. The molecule has 1 aromatic heterocycles. The molecular weight excluding hydrogens is 414 g/mol. The van der Waals surface area contributed by atoms with E-state index >= 15 is 0 Å². The van der Waals surface area contributed by atoms with Crippen molar-refractivity contribution in [2.45, 2.75) is 5.92 Å². The molecule has 1 aliphatic rings. The number of ether oxygens (including phenoxy) is 1. The zero-order valence-corrected chi connectivity index (χ0v) is 19.0. The Labute approximate surface area is 199 Å². The third-order valence-electron chi connectivity index (χ3n) is 6.64. The molecule has 6 rings (SSSR count). The van der Waals surface area contributed by atoms with Gasteiger partial charge in [0.1, 0.15) is 5.75 Å². The van der Waals surface area contributed by atoms with Gasteiger partial charge in [0.2, 0.25) is 0 Å². The molecule has 0 aliphatic heterocycles. The molecule has 1 N–H and O–H groups in total. The molecule has 0 saturated carbocycles. The normalized spacial score (nSPS) is 15.3. The molecule has 0 bridgehead atoms. The van der Waals surface area contributed by atoms with E-state index in [1.54, 1.807) is 7.11 Å². The lowest BCUT2D eigenvalue weighted by Crippen LogP contribution is -2.00. The van der Waals surface area contributed by atoms with E-state index in [9.17, 15) is 0 Å². The van der Waals surface area contributed by atoms with Gasteiger partial charge in [-0.3, -0.25) is 0 Å². The summed E-state index contributed by atoms with van der Waals surface area (Å²) < 4.78 is 5.43. The molecule has 1 unspecified atom stereocenters. The van der Waals surface area contributed by atoms with Crippen molar-refractivity contribution in [2.24, 2.45) is 0 Å². The first-order valence-electron chi connectivity index (χ1n) is 11.6. The highest BCUT2D eigenvalue weighted by Gasteiger charge is 2.26. The molecule has 5 aromatic rings. The number of aromatic amines is 1. The molecule has 1 aliphatic carbocycles. The van der Waals surface area contributed by atoms with Crippen molar-refractivity contribution in [3.05, 3.63) is 149 Å². The van der Waals surface area contributed by atoms with Crippen LogP contribution in [0, 0.1) is 0 Å². The number of nitrogens with one attached hydrogen (secondary N) is 1. The number of allylic oxidation sites excluding steroid dienone is 3. The smallest absolute Gasteiger partial charge is 0.118 e. The minimum Gasteiger partial charge on any atom is -0.497 e. The van der Waals surface area contributed by atoms with Gasteiger partial charge in [0, 0.05) is 22.4 Å². The summed E-state index contributed by atoms with van der Waals surface area (Å²) >= 11 is 0. The van der Waals surface area contributed by atoms with Crippen LogP contribution < -0.4 is 4.74 Å². The average molecular weight is 440 g/mol. The summed E-state index contributed by atoms with van der Waals surface area (Å²) in [4.78, 5) is 3.77. The molecule has 0 amide bonds. The van der Waals surface area contributed by atoms with E-state index in [0.29, 0.717) is 0 Å². The second-order valence-electron chi connectivity index (χ2n) is 8.62. The summed E-state index contributed by atoms with van der Waals surface area (Å²) in [7, 11) is 1.70. The van der Waals surface area contributed by atoms with E-state index in [0.717, 1.165) is 16.8 Å². The second kappa shape index (κ2) is 8.57. The summed E-state index contributed by atoms with van der Waals surface area (Å²) in [5.41, 5.74) is 9.69. The van der Waals surface area contributed by atoms with Crippen LogP contribution in [0.3, 0.4) is 0 Å². The van der Waals surface area contributed by atoms with Gasteiger partial charge in [0.15, 0.2) is 0 Å². The molecule has 0 saturated heterocycles. The lowest BCUT2D eigenvalue weighted by Gasteiger charge is -2.16. The molecular formula is C32H25NO. The second-order valence-corrected chi connectivity index (χ2v) is 8.62. The van der Waals surface area contributed by atoms with Crippen LogP contribution in [-0.2, 0) is 0 Å². The predicted octanol–water partition coefficient (Wildman–Crippen LogP) is 7.84. The lowest BCUT2D eigenvalue weighted by molar-refractivity contribution is 0.415. The van der Waals surface area contributed by atoms with Crippen molar-refractivity contribution in [1.82, 2.24) is 4.98 Å². The van der Waals surface area contributed by atoms with Gasteiger partial charge in [-0.05, 0) is 52.1 Å². The Bertz CT molecular complexity index is 1510. The lowest BCUT2D eigenvalue weighted by atomic mass is 9.87. The maximum Gasteiger partial charge on any atom is 0.118 e. The van der Waals surface area contributed by atoms with E-state index in [1.807, 2.05) is 12.1 Å². The molecule has 4 aromatic carbocycles. The van der Waals surface area contributed by atoms with Crippen LogP contribution in [-0.4, -0.2) is 12.1 Å². The fourth-order valence-corrected chi connectivity index (χ4v) is 4.97. The Hall–Kier alpha value is -4.30. The number of benzene rings is 4. The average Bonchev–Trinajstić information content (AvgIpc) is 3.20. The summed E-state index contributed by atoms with van der Waals surface area (Å²) in [6.45, 7) is 0. The van der Waals surface area contributed by atoms with Gasteiger partial charge in [-0.15, -0.1) is 0 Å². The number of methoxy groups -OCH3 is 1. The number of rotatable bonds is 4. The van der Waals surface area contributed by atoms with Crippen LogP contribution in [0.4, 0.5) is 0 Å². The minimum absolute atomic E-state index is 0.120. The zero-order valence-electron chi connectivity index (χ0n) is 19.0. The Morgan fingerprint density at radius 3 is 2.09 bits per heavy atom. The molecule has 1 heterocycles. The third-order valence-corrected chi connectivity index (χ3v) is 6.64. The van der Waals surface area contributed by atoms with Crippen molar-refractivity contribution in [1.29, 1.82) is 0 Å². The first kappa shape index (κ1) is 20.3. The Morgan fingerprint density at radius 2 is 1.35 bits per heavy atom. The quantitative estimate of drug-likeness (QED) is 0.303. The van der Waals surface area contributed by atoms with Gasteiger partial charge in [0.05, 0.1) is 12.8 Å². The Kier molecular flexibility index (Phi) is 5.12. The van der Waals surface area contributed by atoms with E-state index in [1.165, 1.54) is 38.9 Å². The maximum atomic E-state index is 5.43. The SMILES string of the molecule is COc1ccc(C2=CC(c3ccccc3)=CC(c3ccccc3)c3c2[nH]c2ccccc32)cc1. The number of H-pyrrole nitrogens is 1. The highest BCUT2D eigenvalue weighted by Crippen LogP contribution is 2.44. The third kappa shape index (κ3) is 3.54. The number of hydrogen-bond donors (Lipinski definition) is 1.